The average molecular weight is 330 g/mol. The van der Waals surface area contributed by atoms with Crippen LogP contribution in [0.15, 0.2) is 41.8 Å². The molecule has 0 saturated carbocycles. The smallest absolute Gasteiger partial charge is 0.261 e. The quantitative estimate of drug-likeness (QED) is 0.764. The first-order valence-corrected chi connectivity index (χ1v) is 8.62. The molecule has 1 aromatic heterocycles. The second-order valence-electron chi connectivity index (χ2n) is 5.54. The summed E-state index contributed by atoms with van der Waals surface area (Å²) in [6.45, 7) is 4.52. The summed E-state index contributed by atoms with van der Waals surface area (Å²) in [7, 11) is 0. The zero-order valence-electron chi connectivity index (χ0n) is 13.5. The van der Waals surface area contributed by atoms with Gasteiger partial charge in [0.1, 0.15) is 0 Å². The van der Waals surface area contributed by atoms with Crippen molar-refractivity contribution in [3.05, 3.63) is 57.8 Å². The lowest BCUT2D eigenvalue weighted by Crippen LogP contribution is -2.28. The molecule has 1 aromatic carbocycles. The van der Waals surface area contributed by atoms with Gasteiger partial charge in [-0.25, -0.2) is 0 Å². The number of hydrogen-bond donors (Lipinski definition) is 2. The van der Waals surface area contributed by atoms with Gasteiger partial charge in [0.15, 0.2) is 0 Å². The summed E-state index contributed by atoms with van der Waals surface area (Å²) in [6.07, 6.45) is 1.03. The predicted octanol–water partition coefficient (Wildman–Crippen LogP) is 3.44. The summed E-state index contributed by atoms with van der Waals surface area (Å²) in [5.74, 6) is -0.0723. The second kappa shape index (κ2) is 8.48. The monoisotopic (exact) mass is 330 g/mol. The van der Waals surface area contributed by atoms with Crippen LogP contribution >= 0.6 is 11.3 Å². The standard InChI is InChI=1S/C18H22N2O2S/c1-13-7-9-15(10-8-13)14(2)20-17(21)6-3-11-19-18(22)16-5-4-12-23-16/h4-5,7-10,12,14H,3,6,11H2,1-2H3,(H,19,22)(H,20,21). The van der Waals surface area contributed by atoms with E-state index in [1.54, 1.807) is 6.07 Å². The highest BCUT2D eigenvalue weighted by Crippen LogP contribution is 2.13. The SMILES string of the molecule is Cc1ccc(C(C)NC(=O)CCCNC(=O)c2cccs2)cc1. The molecule has 0 radical (unpaired) electrons. The van der Waals surface area contributed by atoms with Crippen molar-refractivity contribution in [2.45, 2.75) is 32.7 Å². The van der Waals surface area contributed by atoms with E-state index in [-0.39, 0.29) is 17.9 Å². The third-order valence-corrected chi connectivity index (χ3v) is 4.43. The Morgan fingerprint density at radius 3 is 2.57 bits per heavy atom. The number of hydrogen-bond acceptors (Lipinski definition) is 3. The minimum absolute atomic E-state index is 0.00319. The van der Waals surface area contributed by atoms with Crippen molar-refractivity contribution in [2.75, 3.05) is 6.54 Å². The van der Waals surface area contributed by atoms with E-state index in [2.05, 4.69) is 10.6 Å². The molecule has 2 rings (SSSR count). The van der Waals surface area contributed by atoms with Crippen LogP contribution in [0.2, 0.25) is 0 Å². The number of nitrogens with one attached hydrogen (secondary N) is 2. The van der Waals surface area contributed by atoms with Crippen molar-refractivity contribution in [2.24, 2.45) is 0 Å². The lowest BCUT2D eigenvalue weighted by atomic mass is 10.1. The summed E-state index contributed by atoms with van der Waals surface area (Å²) in [5, 5.41) is 7.67. The molecule has 122 valence electrons. The summed E-state index contributed by atoms with van der Waals surface area (Å²) in [6, 6.07) is 11.8. The number of benzene rings is 1. The van der Waals surface area contributed by atoms with Crippen molar-refractivity contribution in [1.82, 2.24) is 10.6 Å². The molecule has 2 N–H and O–H groups in total. The second-order valence-corrected chi connectivity index (χ2v) is 6.48. The minimum atomic E-state index is -0.0755. The van der Waals surface area contributed by atoms with E-state index in [4.69, 9.17) is 0 Å². The first-order valence-electron chi connectivity index (χ1n) is 7.74. The van der Waals surface area contributed by atoms with Gasteiger partial charge in [-0.1, -0.05) is 35.9 Å². The Morgan fingerprint density at radius 2 is 1.91 bits per heavy atom. The minimum Gasteiger partial charge on any atom is -0.351 e. The number of thiophene rings is 1. The molecule has 0 aliphatic heterocycles. The molecule has 2 aromatic rings. The van der Waals surface area contributed by atoms with Crippen LogP contribution in [0.25, 0.3) is 0 Å². The molecule has 0 aliphatic rings. The molecule has 23 heavy (non-hydrogen) atoms. The number of aryl methyl sites for hydroxylation is 1. The molecule has 0 fully saturated rings. The molecule has 0 bridgehead atoms. The topological polar surface area (TPSA) is 58.2 Å². The van der Waals surface area contributed by atoms with E-state index < -0.39 is 0 Å². The summed E-state index contributed by atoms with van der Waals surface area (Å²) < 4.78 is 0. The zero-order chi connectivity index (χ0) is 16.7. The molecular weight excluding hydrogens is 308 g/mol. The van der Waals surface area contributed by atoms with Gasteiger partial charge in [-0.15, -0.1) is 11.3 Å². The predicted molar refractivity (Wildman–Crippen MR) is 93.6 cm³/mol. The molecule has 0 aliphatic carbocycles. The van der Waals surface area contributed by atoms with Crippen molar-refractivity contribution in [3.63, 3.8) is 0 Å². The maximum atomic E-state index is 11.9. The summed E-state index contributed by atoms with van der Waals surface area (Å²) in [4.78, 5) is 24.4. The van der Waals surface area contributed by atoms with E-state index in [1.165, 1.54) is 16.9 Å². The van der Waals surface area contributed by atoms with E-state index in [0.29, 0.717) is 24.3 Å². The zero-order valence-corrected chi connectivity index (χ0v) is 14.3. The van der Waals surface area contributed by atoms with E-state index >= 15 is 0 Å². The molecule has 4 nitrogen and oxygen atoms in total. The van der Waals surface area contributed by atoms with Crippen LogP contribution in [0.3, 0.4) is 0 Å². The van der Waals surface area contributed by atoms with Crippen LogP contribution in [-0.2, 0) is 4.79 Å². The normalized spacial score (nSPS) is 11.7. The largest absolute Gasteiger partial charge is 0.351 e. The maximum Gasteiger partial charge on any atom is 0.261 e. The highest BCUT2D eigenvalue weighted by atomic mass is 32.1. The average Bonchev–Trinajstić information content (AvgIpc) is 3.06. The molecule has 5 heteroatoms. The first kappa shape index (κ1) is 17.2. The van der Waals surface area contributed by atoms with Gasteiger partial charge in [0.25, 0.3) is 5.91 Å². The van der Waals surface area contributed by atoms with Gasteiger partial charge in [-0.2, -0.15) is 0 Å². The number of carbonyl (C=O) groups is 2. The molecule has 0 saturated heterocycles. The summed E-state index contributed by atoms with van der Waals surface area (Å²) in [5.41, 5.74) is 2.30. The van der Waals surface area contributed by atoms with Gasteiger partial charge in [0.2, 0.25) is 5.91 Å². The van der Waals surface area contributed by atoms with E-state index in [1.807, 2.05) is 49.6 Å². The fraction of sp³-hybridized carbons (Fsp3) is 0.333. The van der Waals surface area contributed by atoms with Gasteiger partial charge in [0, 0.05) is 13.0 Å². The van der Waals surface area contributed by atoms with Crippen LogP contribution in [0.5, 0.6) is 0 Å². The van der Waals surface area contributed by atoms with Crippen LogP contribution in [0, 0.1) is 6.92 Å². The maximum absolute atomic E-state index is 11.9. The van der Waals surface area contributed by atoms with Crippen LogP contribution in [-0.4, -0.2) is 18.4 Å². The Labute approximate surface area is 140 Å². The van der Waals surface area contributed by atoms with Crippen LogP contribution in [0.4, 0.5) is 0 Å². The first-order chi connectivity index (χ1) is 11.1. The van der Waals surface area contributed by atoms with Gasteiger partial charge in [0.05, 0.1) is 10.9 Å². The van der Waals surface area contributed by atoms with Crippen molar-refractivity contribution < 1.29 is 9.59 Å². The number of carbonyl (C=O) groups excluding carboxylic acids is 2. The molecule has 1 heterocycles. The summed E-state index contributed by atoms with van der Waals surface area (Å²) >= 11 is 1.41. The van der Waals surface area contributed by atoms with Crippen molar-refractivity contribution in [3.8, 4) is 0 Å². The lowest BCUT2D eigenvalue weighted by molar-refractivity contribution is -0.121. The van der Waals surface area contributed by atoms with E-state index in [0.717, 1.165) is 5.56 Å². The Balaban J connectivity index is 1.67. The Bertz CT molecular complexity index is 636. The van der Waals surface area contributed by atoms with Gasteiger partial charge in [-0.05, 0) is 37.3 Å². The third-order valence-electron chi connectivity index (χ3n) is 3.57. The van der Waals surface area contributed by atoms with Gasteiger partial charge < -0.3 is 10.6 Å². The molecular formula is C18H22N2O2S. The number of amides is 2. The van der Waals surface area contributed by atoms with Gasteiger partial charge in [-0.3, -0.25) is 9.59 Å². The van der Waals surface area contributed by atoms with Crippen molar-refractivity contribution in [1.29, 1.82) is 0 Å². The molecule has 0 spiro atoms. The van der Waals surface area contributed by atoms with Gasteiger partial charge >= 0.3 is 0 Å². The van der Waals surface area contributed by atoms with E-state index in [9.17, 15) is 9.59 Å². The molecule has 1 unspecified atom stereocenters. The molecule has 1 atom stereocenters. The Morgan fingerprint density at radius 1 is 1.17 bits per heavy atom. The Hall–Kier alpha value is -2.14. The fourth-order valence-electron chi connectivity index (χ4n) is 2.20. The van der Waals surface area contributed by atoms with Crippen LogP contribution in [0.1, 0.15) is 46.6 Å². The third kappa shape index (κ3) is 5.53. The Kier molecular flexibility index (Phi) is 6.35. The molecule has 2 amide bonds. The lowest BCUT2D eigenvalue weighted by Gasteiger charge is -2.14. The highest BCUT2D eigenvalue weighted by Gasteiger charge is 2.10. The van der Waals surface area contributed by atoms with Crippen LogP contribution < -0.4 is 10.6 Å². The van der Waals surface area contributed by atoms with Crippen molar-refractivity contribution >= 4 is 23.2 Å². The highest BCUT2D eigenvalue weighted by molar-refractivity contribution is 7.12. The fourth-order valence-corrected chi connectivity index (χ4v) is 2.84. The number of rotatable bonds is 7.